The number of piperidine rings is 1. The summed E-state index contributed by atoms with van der Waals surface area (Å²) in [4.78, 5) is 26.8. The molecule has 3 rings (SSSR count). The number of amides is 2. The minimum Gasteiger partial charge on any atom is -0.369 e. The topological polar surface area (TPSA) is 113 Å². The molecule has 2 amide bonds. The Morgan fingerprint density at radius 1 is 1.09 bits per heavy atom. The van der Waals surface area contributed by atoms with Gasteiger partial charge in [-0.15, -0.1) is 0 Å². The largest absolute Gasteiger partial charge is 0.369 e. The Kier molecular flexibility index (Phi) is 7.95. The van der Waals surface area contributed by atoms with E-state index in [1.165, 1.54) is 4.31 Å². The zero-order valence-electron chi connectivity index (χ0n) is 19.4. The molecule has 0 saturated carbocycles. The van der Waals surface area contributed by atoms with E-state index in [1.54, 1.807) is 13.8 Å². The fourth-order valence-corrected chi connectivity index (χ4v) is 7.18. The van der Waals surface area contributed by atoms with Crippen molar-refractivity contribution in [1.82, 2.24) is 14.5 Å². The summed E-state index contributed by atoms with van der Waals surface area (Å²) < 4.78 is 28.2. The number of aryl methyl sites for hydroxylation is 3. The number of rotatable bonds is 8. The molecule has 3 N–H and O–H groups in total. The first-order valence-electron chi connectivity index (χ1n) is 11.5. The molecular weight excluding hydrogens is 428 g/mol. The molecule has 2 fully saturated rings. The van der Waals surface area contributed by atoms with Gasteiger partial charge in [-0.2, -0.15) is 4.31 Å². The Morgan fingerprint density at radius 3 is 2.41 bits per heavy atom. The molecule has 0 radical (unpaired) electrons. The van der Waals surface area contributed by atoms with Crippen molar-refractivity contribution in [3.63, 3.8) is 0 Å². The number of likely N-dealkylation sites (tertiary alicyclic amines) is 1. The van der Waals surface area contributed by atoms with Gasteiger partial charge in [0.25, 0.3) is 0 Å². The maximum Gasteiger partial charge on any atom is 0.244 e. The number of benzene rings is 1. The molecular formula is C23H36N4O4S. The molecule has 2 unspecified atom stereocenters. The van der Waals surface area contributed by atoms with Gasteiger partial charge >= 0.3 is 0 Å². The number of nitrogens with two attached hydrogens (primary N) is 1. The zero-order valence-corrected chi connectivity index (χ0v) is 20.2. The summed E-state index contributed by atoms with van der Waals surface area (Å²) in [6, 6.07) is 3.07. The van der Waals surface area contributed by atoms with Crippen LogP contribution in [-0.2, 0) is 19.6 Å². The van der Waals surface area contributed by atoms with Crippen molar-refractivity contribution in [2.24, 2.45) is 11.7 Å². The Labute approximate surface area is 191 Å². The highest BCUT2D eigenvalue weighted by atomic mass is 32.2. The first kappa shape index (κ1) is 24.7. The summed E-state index contributed by atoms with van der Waals surface area (Å²) in [5.41, 5.74) is 7.88. The van der Waals surface area contributed by atoms with E-state index in [1.807, 2.05) is 19.1 Å². The average Bonchev–Trinajstić information content (AvgIpc) is 3.21. The molecule has 2 aliphatic rings. The van der Waals surface area contributed by atoms with Gasteiger partial charge in [0, 0.05) is 19.6 Å². The Hall–Kier alpha value is -1.97. The fourth-order valence-electron chi connectivity index (χ4n) is 5.10. The first-order valence-corrected chi connectivity index (χ1v) is 12.9. The van der Waals surface area contributed by atoms with E-state index in [9.17, 15) is 18.0 Å². The van der Waals surface area contributed by atoms with Gasteiger partial charge < -0.3 is 16.0 Å². The number of nitrogens with zero attached hydrogens (tertiary/aromatic N) is 2. The molecule has 9 heteroatoms. The van der Waals surface area contributed by atoms with Crippen molar-refractivity contribution in [3.05, 3.63) is 28.8 Å². The predicted octanol–water partition coefficient (Wildman–Crippen LogP) is 1.47. The molecule has 0 bridgehead atoms. The Bertz CT molecular complexity index is 940. The van der Waals surface area contributed by atoms with Gasteiger partial charge in [-0.25, -0.2) is 8.42 Å². The van der Waals surface area contributed by atoms with Crippen LogP contribution in [-0.4, -0.2) is 68.2 Å². The number of hydrogen-bond donors (Lipinski definition) is 2. The van der Waals surface area contributed by atoms with Gasteiger partial charge in [-0.05, 0) is 77.1 Å². The summed E-state index contributed by atoms with van der Waals surface area (Å²) in [5, 5.41) is 2.93. The van der Waals surface area contributed by atoms with Crippen LogP contribution in [0, 0.1) is 26.7 Å². The van der Waals surface area contributed by atoms with Crippen LogP contribution in [0.5, 0.6) is 0 Å². The third-order valence-corrected chi connectivity index (χ3v) is 8.75. The van der Waals surface area contributed by atoms with E-state index < -0.39 is 16.1 Å². The van der Waals surface area contributed by atoms with Gasteiger partial charge in [0.15, 0.2) is 0 Å². The first-order chi connectivity index (χ1) is 15.1. The van der Waals surface area contributed by atoms with Crippen LogP contribution in [0.1, 0.15) is 48.8 Å². The number of carbonyl (C=O) groups is 2. The van der Waals surface area contributed by atoms with Gasteiger partial charge in [-0.1, -0.05) is 17.7 Å². The van der Waals surface area contributed by atoms with E-state index >= 15 is 0 Å². The Balaban J connectivity index is 1.57. The summed E-state index contributed by atoms with van der Waals surface area (Å²) in [7, 11) is -3.75. The van der Waals surface area contributed by atoms with Crippen molar-refractivity contribution in [3.8, 4) is 0 Å². The molecule has 1 aromatic carbocycles. The standard InChI is InChI=1S/C23H36N4O4S/c1-16-13-17(2)21(18(3)14-16)32(30,31)27-12-5-8-20(27)23(29)25-9-6-11-26-10-4-7-19(15-26)22(24)28/h13-14,19-20H,4-12,15H2,1-3H3,(H2,24,28)(H,25,29). The Morgan fingerprint density at radius 2 is 1.75 bits per heavy atom. The molecule has 2 saturated heterocycles. The second kappa shape index (κ2) is 10.3. The lowest BCUT2D eigenvalue weighted by atomic mass is 9.97. The number of hydrogen-bond acceptors (Lipinski definition) is 5. The molecule has 8 nitrogen and oxygen atoms in total. The van der Waals surface area contributed by atoms with Gasteiger partial charge in [0.1, 0.15) is 6.04 Å². The summed E-state index contributed by atoms with van der Waals surface area (Å²) in [6.07, 6.45) is 3.74. The quantitative estimate of drug-likeness (QED) is 0.566. The number of sulfonamides is 1. The van der Waals surface area contributed by atoms with Crippen molar-refractivity contribution < 1.29 is 18.0 Å². The summed E-state index contributed by atoms with van der Waals surface area (Å²) in [6.45, 7) is 8.77. The molecule has 32 heavy (non-hydrogen) atoms. The number of primary amides is 1. The second-order valence-corrected chi connectivity index (χ2v) is 11.0. The maximum atomic E-state index is 13.4. The van der Waals surface area contributed by atoms with Crippen LogP contribution < -0.4 is 11.1 Å². The van der Waals surface area contributed by atoms with Crippen molar-refractivity contribution in [1.29, 1.82) is 0 Å². The van der Waals surface area contributed by atoms with E-state index in [4.69, 9.17) is 5.73 Å². The second-order valence-electron chi connectivity index (χ2n) is 9.19. The van der Waals surface area contributed by atoms with E-state index in [0.29, 0.717) is 48.5 Å². The van der Waals surface area contributed by atoms with Crippen LogP contribution in [0.2, 0.25) is 0 Å². The lowest BCUT2D eigenvalue weighted by Crippen LogP contribution is -2.47. The van der Waals surface area contributed by atoms with Crippen LogP contribution in [0.3, 0.4) is 0 Å². The molecule has 0 aromatic heterocycles. The van der Waals surface area contributed by atoms with Crippen molar-refractivity contribution in [2.75, 3.05) is 32.7 Å². The lowest BCUT2D eigenvalue weighted by molar-refractivity contribution is -0.124. The molecule has 2 heterocycles. The lowest BCUT2D eigenvalue weighted by Gasteiger charge is -2.31. The van der Waals surface area contributed by atoms with Gasteiger partial charge in [0.05, 0.1) is 10.8 Å². The highest BCUT2D eigenvalue weighted by Crippen LogP contribution is 2.30. The number of carbonyl (C=O) groups excluding carboxylic acids is 2. The number of nitrogens with one attached hydrogen (secondary N) is 1. The molecule has 2 atom stereocenters. The molecule has 178 valence electrons. The molecule has 0 aliphatic carbocycles. The van der Waals surface area contributed by atoms with Crippen molar-refractivity contribution >= 4 is 21.8 Å². The minimum absolute atomic E-state index is 0.0933. The summed E-state index contributed by atoms with van der Waals surface area (Å²) in [5.74, 6) is -0.573. The van der Waals surface area contributed by atoms with Crippen LogP contribution in [0.25, 0.3) is 0 Å². The van der Waals surface area contributed by atoms with Crippen LogP contribution >= 0.6 is 0 Å². The molecule has 2 aliphatic heterocycles. The predicted molar refractivity (Wildman–Crippen MR) is 124 cm³/mol. The van der Waals surface area contributed by atoms with Crippen LogP contribution in [0.15, 0.2) is 17.0 Å². The molecule has 0 spiro atoms. The third kappa shape index (κ3) is 5.50. The zero-order chi connectivity index (χ0) is 23.5. The highest BCUT2D eigenvalue weighted by molar-refractivity contribution is 7.89. The minimum atomic E-state index is -3.75. The average molecular weight is 465 g/mol. The highest BCUT2D eigenvalue weighted by Gasteiger charge is 2.40. The van der Waals surface area contributed by atoms with Gasteiger partial charge in [-0.3, -0.25) is 9.59 Å². The molecule has 1 aromatic rings. The smallest absolute Gasteiger partial charge is 0.244 e. The monoisotopic (exact) mass is 464 g/mol. The SMILES string of the molecule is Cc1cc(C)c(S(=O)(=O)N2CCCC2C(=O)NCCCN2CCCC(C(N)=O)C2)c(C)c1. The van der Waals surface area contributed by atoms with E-state index in [2.05, 4.69) is 10.2 Å². The maximum absolute atomic E-state index is 13.4. The third-order valence-electron chi connectivity index (χ3n) is 6.54. The fraction of sp³-hybridized carbons (Fsp3) is 0.652. The van der Waals surface area contributed by atoms with E-state index in [0.717, 1.165) is 37.9 Å². The van der Waals surface area contributed by atoms with Crippen LogP contribution in [0.4, 0.5) is 0 Å². The van der Waals surface area contributed by atoms with E-state index in [-0.39, 0.29) is 17.7 Å². The van der Waals surface area contributed by atoms with Gasteiger partial charge in [0.2, 0.25) is 21.8 Å². The normalized spacial score (nSPS) is 22.7. The summed E-state index contributed by atoms with van der Waals surface area (Å²) >= 11 is 0. The van der Waals surface area contributed by atoms with Crippen molar-refractivity contribution in [2.45, 2.75) is 63.8 Å².